The number of fused-ring (bicyclic) bond motifs is 1. The molecule has 1 saturated carbocycles. The summed E-state index contributed by atoms with van der Waals surface area (Å²) in [6.45, 7) is 3.54. The number of halogens is 3. The van der Waals surface area contributed by atoms with E-state index in [1.54, 1.807) is 17.6 Å². The van der Waals surface area contributed by atoms with Crippen LogP contribution in [0.4, 0.5) is 18.9 Å². The monoisotopic (exact) mass is 490 g/mol. The fourth-order valence-electron chi connectivity index (χ4n) is 4.94. The maximum atomic E-state index is 13.9. The van der Waals surface area contributed by atoms with E-state index in [1.165, 1.54) is 26.1 Å². The third-order valence-corrected chi connectivity index (χ3v) is 6.62. The van der Waals surface area contributed by atoms with E-state index in [2.05, 4.69) is 16.0 Å². The number of hydrogen-bond acceptors (Lipinski definition) is 4. The molecule has 2 aliphatic rings. The van der Waals surface area contributed by atoms with Gasteiger partial charge in [0.25, 0.3) is 23.5 Å². The molecule has 1 aliphatic heterocycles. The minimum Gasteiger partial charge on any atom is -0.357 e. The summed E-state index contributed by atoms with van der Waals surface area (Å²) in [6, 6.07) is 4.25. The Kier molecular flexibility index (Phi) is 5.98. The van der Waals surface area contributed by atoms with Crippen molar-refractivity contribution in [1.82, 2.24) is 15.2 Å². The predicted molar refractivity (Wildman–Crippen MR) is 120 cm³/mol. The van der Waals surface area contributed by atoms with Gasteiger partial charge in [-0.1, -0.05) is 6.07 Å². The first-order chi connectivity index (χ1) is 16.4. The van der Waals surface area contributed by atoms with E-state index < -0.39 is 53.6 Å². The highest BCUT2D eigenvalue weighted by Gasteiger charge is 2.62. The van der Waals surface area contributed by atoms with Crippen LogP contribution in [0.5, 0.6) is 0 Å². The van der Waals surface area contributed by atoms with Crippen LogP contribution >= 0.6 is 0 Å². The van der Waals surface area contributed by atoms with Crippen LogP contribution in [-0.2, 0) is 22.6 Å². The van der Waals surface area contributed by atoms with E-state index in [4.69, 9.17) is 0 Å². The number of alkyl halides is 2. The van der Waals surface area contributed by atoms with E-state index >= 15 is 0 Å². The van der Waals surface area contributed by atoms with E-state index in [0.29, 0.717) is 30.6 Å². The van der Waals surface area contributed by atoms with Crippen LogP contribution < -0.4 is 16.0 Å². The van der Waals surface area contributed by atoms with Gasteiger partial charge in [-0.05, 0) is 49.9 Å². The number of nitrogens with zero attached hydrogens (tertiary/aromatic N) is 1. The molecule has 2 heterocycles. The number of Topliss-reactive ketones (excluding diaryl/α,β-unsaturated/α-hetero) is 1. The lowest BCUT2D eigenvalue weighted by atomic mass is 9.72. The molecule has 35 heavy (non-hydrogen) atoms. The van der Waals surface area contributed by atoms with Crippen molar-refractivity contribution in [3.63, 3.8) is 0 Å². The summed E-state index contributed by atoms with van der Waals surface area (Å²) in [4.78, 5) is 51.3. The zero-order valence-electron chi connectivity index (χ0n) is 19.5. The van der Waals surface area contributed by atoms with Crippen LogP contribution in [0.25, 0.3) is 0 Å². The van der Waals surface area contributed by atoms with Gasteiger partial charge >= 0.3 is 0 Å². The second-order valence-electron chi connectivity index (χ2n) is 9.12. The molecule has 1 aliphatic carbocycles. The number of anilines is 1. The molecule has 0 spiro atoms. The van der Waals surface area contributed by atoms with Gasteiger partial charge in [-0.15, -0.1) is 0 Å². The van der Waals surface area contributed by atoms with Crippen molar-refractivity contribution < 1.29 is 32.3 Å². The van der Waals surface area contributed by atoms with Crippen molar-refractivity contribution in [3.8, 4) is 0 Å². The normalized spacial score (nSPS) is 17.2. The first-order valence-corrected chi connectivity index (χ1v) is 11.2. The maximum absolute atomic E-state index is 13.9. The predicted octanol–water partition coefficient (Wildman–Crippen LogP) is 2.66. The SMILES string of the molecule is CNC(=O)C1(NC(=O)C(=O)c2c(C)c(C(=O)Nc3ccc(C)c(F)c3)n3c2CCC3)CC(F)(F)C1. The van der Waals surface area contributed by atoms with Crippen LogP contribution in [0.1, 0.15) is 56.9 Å². The van der Waals surface area contributed by atoms with E-state index in [9.17, 15) is 32.3 Å². The molecular weight excluding hydrogens is 465 g/mol. The number of carbonyl (C=O) groups excluding carboxylic acids is 4. The fraction of sp³-hybridized carbons (Fsp3) is 0.417. The lowest BCUT2D eigenvalue weighted by Crippen LogP contribution is -2.69. The second kappa shape index (κ2) is 8.54. The Hall–Kier alpha value is -3.63. The number of rotatable bonds is 6. The highest BCUT2D eigenvalue weighted by atomic mass is 19.3. The molecule has 186 valence electrons. The van der Waals surface area contributed by atoms with Gasteiger partial charge in [-0.2, -0.15) is 0 Å². The van der Waals surface area contributed by atoms with Gasteiger partial charge in [0.1, 0.15) is 17.1 Å². The Balaban J connectivity index is 1.62. The highest BCUT2D eigenvalue weighted by Crippen LogP contribution is 2.46. The van der Waals surface area contributed by atoms with Crippen molar-refractivity contribution in [1.29, 1.82) is 0 Å². The molecule has 4 rings (SSSR count). The molecule has 3 amide bonds. The van der Waals surface area contributed by atoms with Crippen molar-refractivity contribution in [2.75, 3.05) is 12.4 Å². The number of aryl methyl sites for hydroxylation is 1. The Labute approximate surface area is 199 Å². The zero-order chi connectivity index (χ0) is 25.7. The summed E-state index contributed by atoms with van der Waals surface area (Å²) < 4.78 is 42.7. The molecule has 2 aromatic rings. The quantitative estimate of drug-likeness (QED) is 0.427. The Morgan fingerprint density at radius 2 is 1.77 bits per heavy atom. The van der Waals surface area contributed by atoms with Gasteiger partial charge < -0.3 is 20.5 Å². The molecule has 8 nitrogen and oxygen atoms in total. The number of hydrogen-bond donors (Lipinski definition) is 3. The van der Waals surface area contributed by atoms with Gasteiger partial charge in [-0.25, -0.2) is 13.2 Å². The van der Waals surface area contributed by atoms with Gasteiger partial charge in [0, 0.05) is 37.8 Å². The summed E-state index contributed by atoms with van der Waals surface area (Å²) in [5.41, 5.74) is -0.328. The molecule has 1 aromatic carbocycles. The van der Waals surface area contributed by atoms with Crippen molar-refractivity contribution in [2.24, 2.45) is 0 Å². The lowest BCUT2D eigenvalue weighted by molar-refractivity contribution is -0.164. The fourth-order valence-corrected chi connectivity index (χ4v) is 4.94. The molecule has 3 N–H and O–H groups in total. The summed E-state index contributed by atoms with van der Waals surface area (Å²) in [5, 5.41) is 7.08. The average molecular weight is 490 g/mol. The maximum Gasteiger partial charge on any atom is 0.293 e. The molecule has 11 heteroatoms. The number of amides is 3. The third-order valence-electron chi connectivity index (χ3n) is 6.62. The number of likely N-dealkylation sites (N-methyl/N-ethyl adjacent to an activating group) is 1. The standard InChI is InChI=1S/C24H25F3N4O4/c1-12-6-7-14(9-15(12)25)29-20(33)18-13(2)17(16-5-4-8-31(16)18)19(32)21(34)30-23(22(35)28-3)10-24(26,27)11-23/h6-7,9H,4-5,8,10-11H2,1-3H3,(H,28,35)(H,29,33)(H,30,34). The second-order valence-corrected chi connectivity index (χ2v) is 9.12. The molecule has 1 fully saturated rings. The first kappa shape index (κ1) is 24.5. The Morgan fingerprint density at radius 3 is 2.37 bits per heavy atom. The number of benzene rings is 1. The number of aromatic nitrogens is 1. The molecule has 0 atom stereocenters. The van der Waals surface area contributed by atoms with Crippen LogP contribution in [0.2, 0.25) is 0 Å². The smallest absolute Gasteiger partial charge is 0.293 e. The van der Waals surface area contributed by atoms with Gasteiger partial charge in [0.05, 0.1) is 5.56 Å². The van der Waals surface area contributed by atoms with Crippen LogP contribution in [-0.4, -0.2) is 46.6 Å². The van der Waals surface area contributed by atoms with Crippen LogP contribution in [0.3, 0.4) is 0 Å². The lowest BCUT2D eigenvalue weighted by Gasteiger charge is -2.45. The molecule has 0 radical (unpaired) electrons. The molecule has 0 saturated heterocycles. The number of nitrogens with one attached hydrogen (secondary N) is 3. The van der Waals surface area contributed by atoms with Gasteiger partial charge in [0.2, 0.25) is 5.91 Å². The molecule has 0 unspecified atom stereocenters. The average Bonchev–Trinajstić information content (AvgIpc) is 3.33. The first-order valence-electron chi connectivity index (χ1n) is 11.2. The Morgan fingerprint density at radius 1 is 1.09 bits per heavy atom. The van der Waals surface area contributed by atoms with Crippen LogP contribution in [0, 0.1) is 19.7 Å². The summed E-state index contributed by atoms with van der Waals surface area (Å²) >= 11 is 0. The number of carbonyl (C=O) groups is 4. The zero-order valence-corrected chi connectivity index (χ0v) is 19.5. The minimum absolute atomic E-state index is 0.0124. The van der Waals surface area contributed by atoms with E-state index in [1.807, 2.05) is 0 Å². The Bertz CT molecular complexity index is 1260. The van der Waals surface area contributed by atoms with Crippen molar-refractivity contribution >= 4 is 29.2 Å². The van der Waals surface area contributed by atoms with Gasteiger partial charge in [0.15, 0.2) is 0 Å². The van der Waals surface area contributed by atoms with E-state index in [0.717, 1.165) is 0 Å². The van der Waals surface area contributed by atoms with E-state index in [-0.39, 0.29) is 22.5 Å². The minimum atomic E-state index is -3.13. The molecular formula is C24H25F3N4O4. The number of ketones is 1. The molecule has 1 aromatic heterocycles. The van der Waals surface area contributed by atoms with Crippen molar-refractivity contribution in [2.45, 2.75) is 57.5 Å². The third kappa shape index (κ3) is 4.19. The summed E-state index contributed by atoms with van der Waals surface area (Å²) in [5.74, 6) is -7.20. The summed E-state index contributed by atoms with van der Waals surface area (Å²) in [6.07, 6.45) is -0.760. The topological polar surface area (TPSA) is 109 Å². The van der Waals surface area contributed by atoms with Gasteiger partial charge in [-0.3, -0.25) is 19.2 Å². The molecule has 0 bridgehead atoms. The highest BCUT2D eigenvalue weighted by molar-refractivity contribution is 6.44. The van der Waals surface area contributed by atoms with Crippen molar-refractivity contribution in [3.05, 3.63) is 52.1 Å². The van der Waals surface area contributed by atoms with Crippen LogP contribution in [0.15, 0.2) is 18.2 Å². The summed E-state index contributed by atoms with van der Waals surface area (Å²) in [7, 11) is 1.25. The largest absolute Gasteiger partial charge is 0.357 e.